The van der Waals surface area contributed by atoms with Gasteiger partial charge in [0.25, 0.3) is 0 Å². The van der Waals surface area contributed by atoms with Crippen molar-refractivity contribution in [1.82, 2.24) is 22.8 Å². The first kappa shape index (κ1) is 51.1. The van der Waals surface area contributed by atoms with Gasteiger partial charge in [0.1, 0.15) is 0 Å². The lowest BCUT2D eigenvalue weighted by atomic mass is 10.1. The zero-order valence-electron chi connectivity index (χ0n) is 49.0. The summed E-state index contributed by atoms with van der Waals surface area (Å²) in [5.74, 6) is 0. The molecule has 5 heterocycles. The molecule has 422 valence electrons. The lowest BCUT2D eigenvalue weighted by Gasteiger charge is -2.26. The highest BCUT2D eigenvalue weighted by molar-refractivity contribution is 6.13. The number of para-hydroxylation sites is 10. The van der Waals surface area contributed by atoms with Crippen LogP contribution in [0.3, 0.4) is 0 Å². The van der Waals surface area contributed by atoms with Crippen LogP contribution in [0, 0.1) is 0 Å². The summed E-state index contributed by atoms with van der Waals surface area (Å²) in [6.45, 7) is 0. The number of hydrogen-bond donors (Lipinski definition) is 0. The van der Waals surface area contributed by atoms with Gasteiger partial charge in [0.05, 0.1) is 55.2 Å². The molecular formula is C84H56N6. The van der Waals surface area contributed by atoms with Crippen LogP contribution >= 0.6 is 0 Å². The van der Waals surface area contributed by atoms with Crippen LogP contribution in [-0.2, 0) is 0 Å². The van der Waals surface area contributed by atoms with Crippen LogP contribution in [0.5, 0.6) is 0 Å². The van der Waals surface area contributed by atoms with Crippen molar-refractivity contribution < 1.29 is 0 Å². The Kier molecular flexibility index (Phi) is 11.8. The minimum Gasteiger partial charge on any atom is -0.310 e. The highest BCUT2D eigenvalue weighted by atomic mass is 15.1. The maximum Gasteiger partial charge on any atom is 0.0541 e. The fraction of sp³-hybridized carbons (Fsp3) is 0. The van der Waals surface area contributed by atoms with Gasteiger partial charge in [0, 0.05) is 99.4 Å². The topological polar surface area (TPSA) is 27.9 Å². The third-order valence-corrected chi connectivity index (χ3v) is 18.3. The van der Waals surface area contributed by atoms with E-state index < -0.39 is 0 Å². The van der Waals surface area contributed by atoms with Crippen LogP contribution < -0.4 is 4.90 Å². The molecule has 0 radical (unpaired) electrons. The number of aromatic nitrogens is 5. The zero-order chi connectivity index (χ0) is 59.2. The summed E-state index contributed by atoms with van der Waals surface area (Å²) in [4.78, 5) is 2.36. The summed E-state index contributed by atoms with van der Waals surface area (Å²) < 4.78 is 11.9. The fourth-order valence-corrected chi connectivity index (χ4v) is 14.5. The Balaban J connectivity index is 0.000000158. The van der Waals surface area contributed by atoms with E-state index in [2.05, 4.69) is 367 Å². The van der Waals surface area contributed by atoms with E-state index in [1.165, 1.54) is 120 Å². The fourth-order valence-electron chi connectivity index (χ4n) is 14.5. The van der Waals surface area contributed by atoms with Gasteiger partial charge in [-0.3, -0.25) is 0 Å². The van der Waals surface area contributed by atoms with E-state index in [0.717, 1.165) is 34.1 Å². The number of benzene rings is 14. The number of anilines is 3. The van der Waals surface area contributed by atoms with Crippen molar-refractivity contribution >= 4 is 126 Å². The van der Waals surface area contributed by atoms with Crippen LogP contribution in [0.15, 0.2) is 340 Å². The van der Waals surface area contributed by atoms with Gasteiger partial charge in [0.15, 0.2) is 0 Å². The monoisotopic (exact) mass is 1150 g/mol. The van der Waals surface area contributed by atoms with Crippen LogP contribution in [0.1, 0.15) is 0 Å². The van der Waals surface area contributed by atoms with Crippen molar-refractivity contribution in [2.24, 2.45) is 0 Å². The number of rotatable bonds is 8. The molecule has 0 aliphatic heterocycles. The summed E-state index contributed by atoms with van der Waals surface area (Å²) in [7, 11) is 0. The Hall–Kier alpha value is -12.1. The minimum atomic E-state index is 1.08. The van der Waals surface area contributed by atoms with Crippen LogP contribution in [0.2, 0.25) is 0 Å². The molecule has 0 unspecified atom stereocenters. The van der Waals surface area contributed by atoms with Crippen molar-refractivity contribution in [3.63, 3.8) is 0 Å². The molecule has 5 aromatic heterocycles. The van der Waals surface area contributed by atoms with Crippen LogP contribution in [0.4, 0.5) is 17.1 Å². The quantitative estimate of drug-likeness (QED) is 0.149. The average Bonchev–Trinajstić information content (AvgIpc) is 2.22. The molecule has 6 nitrogen and oxygen atoms in total. The van der Waals surface area contributed by atoms with E-state index in [-0.39, 0.29) is 0 Å². The first-order chi connectivity index (χ1) is 44.7. The second-order valence-electron chi connectivity index (χ2n) is 23.3. The molecule has 0 saturated heterocycles. The highest BCUT2D eigenvalue weighted by Gasteiger charge is 2.20. The predicted octanol–water partition coefficient (Wildman–Crippen LogP) is 22.3. The molecule has 0 aliphatic carbocycles. The molecule has 0 N–H and O–H groups in total. The van der Waals surface area contributed by atoms with Crippen molar-refractivity contribution in [2.45, 2.75) is 0 Å². The molecule has 0 spiro atoms. The van der Waals surface area contributed by atoms with Gasteiger partial charge < -0.3 is 27.7 Å². The summed E-state index contributed by atoms with van der Waals surface area (Å²) in [6, 6.07) is 123. The van der Waals surface area contributed by atoms with Gasteiger partial charge >= 0.3 is 0 Å². The third-order valence-electron chi connectivity index (χ3n) is 18.3. The van der Waals surface area contributed by atoms with E-state index >= 15 is 0 Å². The lowest BCUT2D eigenvalue weighted by molar-refractivity contribution is 1.13. The Morgan fingerprint density at radius 3 is 0.500 bits per heavy atom. The molecule has 90 heavy (non-hydrogen) atoms. The Morgan fingerprint density at radius 2 is 0.311 bits per heavy atom. The van der Waals surface area contributed by atoms with Crippen LogP contribution in [0.25, 0.3) is 137 Å². The van der Waals surface area contributed by atoms with E-state index in [0.29, 0.717) is 0 Å². The van der Waals surface area contributed by atoms with Gasteiger partial charge in [-0.15, -0.1) is 0 Å². The zero-order valence-corrected chi connectivity index (χ0v) is 49.0. The van der Waals surface area contributed by atoms with Crippen molar-refractivity contribution in [3.05, 3.63) is 340 Å². The van der Waals surface area contributed by atoms with Crippen LogP contribution in [-0.4, -0.2) is 22.8 Å². The SMILES string of the molecule is c1cc(-n2c3ccccc3c3ccccc32)cc(-n2c3ccccc3c3ccccc32)c1.c1ccc2c(c1)c1ccccc1n2-c1ccc(N(c2ccc(-n3c4ccccc4c4ccccc43)cc2)c2ccc(-n3c4ccccc4c4ccccc43)cc2)cc1. The van der Waals surface area contributed by atoms with Crippen molar-refractivity contribution in [2.75, 3.05) is 4.90 Å². The lowest BCUT2D eigenvalue weighted by Crippen LogP contribution is -2.10. The largest absolute Gasteiger partial charge is 0.310 e. The van der Waals surface area contributed by atoms with Crippen molar-refractivity contribution in [3.8, 4) is 28.4 Å². The van der Waals surface area contributed by atoms with E-state index in [1.807, 2.05) is 0 Å². The van der Waals surface area contributed by atoms with Gasteiger partial charge in [-0.2, -0.15) is 0 Å². The Bertz CT molecular complexity index is 5200. The standard InChI is InChI=1S/C54H36N4.C30H20N2/c1-7-19-49-43(13-1)44-14-2-8-20-50(44)56(49)40-31-25-37(26-32-40)55(38-27-33-41(34-28-38)57-51-21-9-3-15-45(51)46-16-4-10-22-52(46)57)39-29-35-42(36-30-39)58-53-23-11-5-17-47(53)48-18-6-12-24-54(48)58;1-5-16-27-23(12-1)24-13-2-6-17-28(24)31(27)21-10-9-11-22(20-21)32-29-18-7-3-14-25(29)26-15-4-8-19-30(26)32/h1-36H;1-20H. The maximum atomic E-state index is 2.38. The molecule has 14 aromatic carbocycles. The second kappa shape index (κ2) is 20.8. The Morgan fingerprint density at radius 1 is 0.144 bits per heavy atom. The third kappa shape index (κ3) is 8.05. The normalized spacial score (nSPS) is 11.8. The molecule has 0 fully saturated rings. The summed E-state index contributed by atoms with van der Waals surface area (Å²) in [5, 5.41) is 12.7. The molecule has 0 saturated carbocycles. The van der Waals surface area contributed by atoms with Gasteiger partial charge in [-0.1, -0.05) is 188 Å². The molecule has 0 atom stereocenters. The van der Waals surface area contributed by atoms with E-state index in [4.69, 9.17) is 0 Å². The molecule has 0 aliphatic rings. The van der Waals surface area contributed by atoms with Crippen molar-refractivity contribution in [1.29, 1.82) is 0 Å². The summed E-state index contributed by atoms with van der Waals surface area (Å²) >= 11 is 0. The molecule has 0 amide bonds. The first-order valence-corrected chi connectivity index (χ1v) is 30.8. The van der Waals surface area contributed by atoms with E-state index in [1.54, 1.807) is 0 Å². The first-order valence-electron chi connectivity index (χ1n) is 30.8. The molecule has 6 heteroatoms. The minimum absolute atomic E-state index is 1.08. The molecular weight excluding hydrogens is 1090 g/mol. The molecule has 19 aromatic rings. The Labute approximate surface area is 519 Å². The summed E-state index contributed by atoms with van der Waals surface area (Å²) in [5.41, 5.74) is 21.1. The van der Waals surface area contributed by atoms with E-state index in [9.17, 15) is 0 Å². The van der Waals surface area contributed by atoms with Gasteiger partial charge in [0.2, 0.25) is 0 Å². The van der Waals surface area contributed by atoms with Gasteiger partial charge in [-0.05, 0) is 152 Å². The second-order valence-corrected chi connectivity index (χ2v) is 23.3. The number of fused-ring (bicyclic) bond motifs is 15. The molecule has 0 bridgehead atoms. The number of hydrogen-bond acceptors (Lipinski definition) is 1. The average molecular weight is 1150 g/mol. The number of nitrogens with zero attached hydrogens (tertiary/aromatic N) is 6. The smallest absolute Gasteiger partial charge is 0.0541 e. The van der Waals surface area contributed by atoms with Gasteiger partial charge in [-0.25, -0.2) is 0 Å². The highest BCUT2D eigenvalue weighted by Crippen LogP contribution is 2.41. The summed E-state index contributed by atoms with van der Waals surface area (Å²) in [6.07, 6.45) is 0. The molecule has 19 rings (SSSR count). The predicted molar refractivity (Wildman–Crippen MR) is 379 cm³/mol. The maximum absolute atomic E-state index is 2.38.